The molecule has 0 heterocycles. The monoisotopic (exact) mass is 285 g/mol. The van der Waals surface area contributed by atoms with Gasteiger partial charge in [0.2, 0.25) is 0 Å². The van der Waals surface area contributed by atoms with Gasteiger partial charge >= 0.3 is 0 Å². The molecule has 0 spiro atoms. The van der Waals surface area contributed by atoms with E-state index in [4.69, 9.17) is 4.74 Å². The Morgan fingerprint density at radius 1 is 1.14 bits per heavy atom. The first kappa shape index (κ1) is 15.2. The van der Waals surface area contributed by atoms with Gasteiger partial charge in [-0.2, -0.15) is 0 Å². The van der Waals surface area contributed by atoms with E-state index < -0.39 is 0 Å². The average Bonchev–Trinajstić information content (AvgIpc) is 2.48. The molecule has 0 saturated heterocycles. The van der Waals surface area contributed by atoms with E-state index in [9.17, 15) is 5.11 Å². The van der Waals surface area contributed by atoms with E-state index in [1.54, 1.807) is 6.07 Å². The zero-order chi connectivity index (χ0) is 15.2. The molecule has 3 nitrogen and oxygen atoms in total. The molecule has 112 valence electrons. The van der Waals surface area contributed by atoms with Gasteiger partial charge in [0, 0.05) is 11.3 Å². The summed E-state index contributed by atoms with van der Waals surface area (Å²) in [5.74, 6) is 1.22. The van der Waals surface area contributed by atoms with Gasteiger partial charge in [0.1, 0.15) is 11.5 Å². The number of phenols is 1. The Morgan fingerprint density at radius 2 is 1.90 bits per heavy atom. The van der Waals surface area contributed by atoms with Crippen LogP contribution in [-0.2, 0) is 0 Å². The summed E-state index contributed by atoms with van der Waals surface area (Å²) in [6, 6.07) is 13.6. The van der Waals surface area contributed by atoms with Crippen LogP contribution in [0.1, 0.15) is 37.4 Å². The lowest BCUT2D eigenvalue weighted by Crippen LogP contribution is -2.10. The van der Waals surface area contributed by atoms with Gasteiger partial charge in [-0.3, -0.25) is 0 Å². The summed E-state index contributed by atoms with van der Waals surface area (Å²) in [7, 11) is 0. The summed E-state index contributed by atoms with van der Waals surface area (Å²) >= 11 is 0. The van der Waals surface area contributed by atoms with Crippen molar-refractivity contribution in [1.82, 2.24) is 0 Å². The fraction of sp³-hybridized carbons (Fsp3) is 0.333. The van der Waals surface area contributed by atoms with Crippen LogP contribution in [0.3, 0.4) is 0 Å². The van der Waals surface area contributed by atoms with Gasteiger partial charge in [0.05, 0.1) is 12.6 Å². The number of rotatable bonds is 6. The molecule has 1 unspecified atom stereocenters. The standard InChI is InChI=1S/C18H23NO2/c1-4-16(15-8-6-7-9-18(15)20)19-17-11-10-14(21-5-2)12-13(17)3/h6-12,16,19-20H,4-5H2,1-3H3. The molecule has 3 heteroatoms. The van der Waals surface area contributed by atoms with Crippen molar-refractivity contribution in [1.29, 1.82) is 0 Å². The minimum atomic E-state index is 0.0860. The Labute approximate surface area is 126 Å². The van der Waals surface area contributed by atoms with Crippen LogP contribution in [0.2, 0.25) is 0 Å². The van der Waals surface area contributed by atoms with Gasteiger partial charge in [0.25, 0.3) is 0 Å². The van der Waals surface area contributed by atoms with E-state index in [1.807, 2.05) is 43.3 Å². The summed E-state index contributed by atoms with van der Waals surface area (Å²) in [5.41, 5.74) is 3.12. The first-order chi connectivity index (χ1) is 10.2. The third-order valence-electron chi connectivity index (χ3n) is 3.56. The number of aryl methyl sites for hydroxylation is 1. The maximum atomic E-state index is 10.0. The number of hydrogen-bond donors (Lipinski definition) is 2. The number of hydrogen-bond acceptors (Lipinski definition) is 3. The van der Waals surface area contributed by atoms with Crippen LogP contribution in [-0.4, -0.2) is 11.7 Å². The van der Waals surface area contributed by atoms with E-state index in [0.717, 1.165) is 29.0 Å². The zero-order valence-electron chi connectivity index (χ0n) is 12.9. The quantitative estimate of drug-likeness (QED) is 0.811. The van der Waals surface area contributed by atoms with Crippen molar-refractivity contribution >= 4 is 5.69 Å². The van der Waals surface area contributed by atoms with E-state index in [1.165, 1.54) is 0 Å². The third-order valence-corrected chi connectivity index (χ3v) is 3.56. The van der Waals surface area contributed by atoms with Crippen molar-refractivity contribution < 1.29 is 9.84 Å². The van der Waals surface area contributed by atoms with Crippen molar-refractivity contribution in [3.63, 3.8) is 0 Å². The molecule has 0 amide bonds. The molecule has 0 fully saturated rings. The van der Waals surface area contributed by atoms with Gasteiger partial charge in [-0.25, -0.2) is 0 Å². The zero-order valence-corrected chi connectivity index (χ0v) is 12.9. The number of nitrogens with one attached hydrogen (secondary N) is 1. The Bertz CT molecular complexity index is 596. The Hall–Kier alpha value is -2.16. The number of phenolic OH excluding ortho intramolecular Hbond substituents is 1. The molecule has 1 atom stereocenters. The van der Waals surface area contributed by atoms with E-state index in [0.29, 0.717) is 12.4 Å². The van der Waals surface area contributed by atoms with Crippen molar-refractivity contribution in [3.05, 3.63) is 53.6 Å². The average molecular weight is 285 g/mol. The summed E-state index contributed by atoms with van der Waals surface area (Å²) in [5, 5.41) is 13.5. The van der Waals surface area contributed by atoms with Crippen molar-refractivity contribution in [3.8, 4) is 11.5 Å². The highest BCUT2D eigenvalue weighted by atomic mass is 16.5. The molecule has 2 aromatic rings. The second kappa shape index (κ2) is 7.02. The van der Waals surface area contributed by atoms with Crippen molar-refractivity contribution in [2.24, 2.45) is 0 Å². The fourth-order valence-electron chi connectivity index (χ4n) is 2.42. The molecule has 21 heavy (non-hydrogen) atoms. The first-order valence-electron chi connectivity index (χ1n) is 7.43. The molecule has 0 aromatic heterocycles. The topological polar surface area (TPSA) is 41.5 Å². The largest absolute Gasteiger partial charge is 0.508 e. The summed E-state index contributed by atoms with van der Waals surface area (Å²) in [4.78, 5) is 0. The van der Waals surface area contributed by atoms with Crippen LogP contribution in [0.15, 0.2) is 42.5 Å². The minimum Gasteiger partial charge on any atom is -0.508 e. The van der Waals surface area contributed by atoms with Gasteiger partial charge in [-0.15, -0.1) is 0 Å². The molecule has 2 rings (SSSR count). The lowest BCUT2D eigenvalue weighted by molar-refractivity contribution is 0.340. The number of aromatic hydroxyl groups is 1. The second-order valence-electron chi connectivity index (χ2n) is 5.07. The predicted molar refractivity (Wildman–Crippen MR) is 87.1 cm³/mol. The maximum Gasteiger partial charge on any atom is 0.120 e. The van der Waals surface area contributed by atoms with E-state index in [-0.39, 0.29) is 6.04 Å². The van der Waals surface area contributed by atoms with Gasteiger partial charge in [0.15, 0.2) is 0 Å². The van der Waals surface area contributed by atoms with Crippen LogP contribution < -0.4 is 10.1 Å². The van der Waals surface area contributed by atoms with Crippen LogP contribution >= 0.6 is 0 Å². The SMILES string of the molecule is CCOc1ccc(NC(CC)c2ccccc2O)c(C)c1. The number of benzene rings is 2. The summed E-state index contributed by atoms with van der Waals surface area (Å²) in [6.45, 7) is 6.81. The summed E-state index contributed by atoms with van der Waals surface area (Å²) in [6.07, 6.45) is 0.893. The molecular weight excluding hydrogens is 262 g/mol. The molecular formula is C18H23NO2. The fourth-order valence-corrected chi connectivity index (χ4v) is 2.42. The van der Waals surface area contributed by atoms with E-state index >= 15 is 0 Å². The predicted octanol–water partition coefficient (Wildman–Crippen LogP) is 4.66. The number of anilines is 1. The van der Waals surface area contributed by atoms with E-state index in [2.05, 4.69) is 19.2 Å². The molecule has 0 bridgehead atoms. The number of para-hydroxylation sites is 1. The molecule has 2 aromatic carbocycles. The molecule has 2 N–H and O–H groups in total. The van der Waals surface area contributed by atoms with Gasteiger partial charge in [-0.1, -0.05) is 25.1 Å². The molecule has 0 aliphatic heterocycles. The van der Waals surface area contributed by atoms with Crippen LogP contribution in [0, 0.1) is 6.92 Å². The minimum absolute atomic E-state index is 0.0860. The van der Waals surface area contributed by atoms with Gasteiger partial charge < -0.3 is 15.2 Å². The Balaban J connectivity index is 2.21. The van der Waals surface area contributed by atoms with Crippen molar-refractivity contribution in [2.45, 2.75) is 33.2 Å². The Kier molecular flexibility index (Phi) is 5.09. The highest BCUT2D eigenvalue weighted by Crippen LogP contribution is 2.31. The number of ether oxygens (including phenoxy) is 1. The van der Waals surface area contributed by atoms with Crippen LogP contribution in [0.5, 0.6) is 11.5 Å². The molecule has 0 aliphatic carbocycles. The molecule has 0 radical (unpaired) electrons. The normalized spacial score (nSPS) is 12.0. The third kappa shape index (κ3) is 3.69. The second-order valence-corrected chi connectivity index (χ2v) is 5.07. The van der Waals surface area contributed by atoms with Crippen LogP contribution in [0.25, 0.3) is 0 Å². The smallest absolute Gasteiger partial charge is 0.120 e. The van der Waals surface area contributed by atoms with Crippen molar-refractivity contribution in [2.75, 3.05) is 11.9 Å². The lowest BCUT2D eigenvalue weighted by atomic mass is 10.0. The maximum absolute atomic E-state index is 10.0. The molecule has 0 aliphatic rings. The first-order valence-corrected chi connectivity index (χ1v) is 7.43. The van der Waals surface area contributed by atoms with Gasteiger partial charge in [-0.05, 0) is 50.1 Å². The lowest BCUT2D eigenvalue weighted by Gasteiger charge is -2.21. The Morgan fingerprint density at radius 3 is 2.52 bits per heavy atom. The van der Waals surface area contributed by atoms with Crippen LogP contribution in [0.4, 0.5) is 5.69 Å². The summed E-state index contributed by atoms with van der Waals surface area (Å²) < 4.78 is 5.51. The molecule has 0 saturated carbocycles. The highest BCUT2D eigenvalue weighted by molar-refractivity contribution is 5.55. The highest BCUT2D eigenvalue weighted by Gasteiger charge is 2.14.